The standard InChI is InChI=1S/C12H22Ge/c1-11(13(2,3)4)9-10-12-7-5-6-8-12/h5,7,12H,1,6,8-10H2,2-4H3. The van der Waals surface area contributed by atoms with Crippen LogP contribution < -0.4 is 0 Å². The van der Waals surface area contributed by atoms with Gasteiger partial charge in [-0.15, -0.1) is 0 Å². The van der Waals surface area contributed by atoms with Gasteiger partial charge in [0.15, 0.2) is 0 Å². The van der Waals surface area contributed by atoms with Crippen LogP contribution in [0.25, 0.3) is 0 Å². The van der Waals surface area contributed by atoms with E-state index in [0.717, 1.165) is 5.92 Å². The molecule has 0 saturated heterocycles. The Morgan fingerprint density at radius 2 is 2.15 bits per heavy atom. The third-order valence-corrected chi connectivity index (χ3v) is 7.97. The van der Waals surface area contributed by atoms with E-state index in [-0.39, 0.29) is 0 Å². The molecule has 1 heteroatoms. The van der Waals surface area contributed by atoms with E-state index >= 15 is 0 Å². The van der Waals surface area contributed by atoms with Gasteiger partial charge in [0.2, 0.25) is 0 Å². The average Bonchev–Trinajstić information content (AvgIpc) is 2.50. The third kappa shape index (κ3) is 3.72. The summed E-state index contributed by atoms with van der Waals surface area (Å²) in [5.74, 6) is 8.17. The van der Waals surface area contributed by atoms with E-state index in [2.05, 4.69) is 36.0 Å². The van der Waals surface area contributed by atoms with Crippen LogP contribution in [0.1, 0.15) is 25.7 Å². The minimum absolute atomic E-state index is 0.862. The molecule has 1 rings (SSSR count). The van der Waals surface area contributed by atoms with Crippen molar-refractivity contribution in [3.63, 3.8) is 0 Å². The molecule has 1 unspecified atom stereocenters. The fraction of sp³-hybridized carbons (Fsp3) is 0.667. The van der Waals surface area contributed by atoms with Crippen LogP contribution in [0.15, 0.2) is 23.1 Å². The molecule has 1 aliphatic carbocycles. The van der Waals surface area contributed by atoms with Crippen LogP contribution in [-0.4, -0.2) is 13.3 Å². The Kier molecular flexibility index (Phi) is 3.84. The molecule has 0 N–H and O–H groups in total. The molecule has 0 aromatic rings. The molecule has 0 amide bonds. The van der Waals surface area contributed by atoms with Gasteiger partial charge in [0.25, 0.3) is 0 Å². The summed E-state index contributed by atoms with van der Waals surface area (Å²) in [5.41, 5.74) is 0. The molecular weight excluding hydrogens is 217 g/mol. The molecule has 0 aliphatic heterocycles. The predicted molar refractivity (Wildman–Crippen MR) is 63.6 cm³/mol. The van der Waals surface area contributed by atoms with E-state index in [1.165, 1.54) is 25.7 Å². The van der Waals surface area contributed by atoms with Gasteiger partial charge < -0.3 is 0 Å². The monoisotopic (exact) mass is 240 g/mol. The maximum atomic E-state index is 4.25. The van der Waals surface area contributed by atoms with Crippen molar-refractivity contribution >= 4 is 13.3 Å². The van der Waals surface area contributed by atoms with Crippen molar-refractivity contribution in [1.29, 1.82) is 0 Å². The Balaban J connectivity index is 2.26. The van der Waals surface area contributed by atoms with Gasteiger partial charge >= 0.3 is 85.3 Å². The SMILES string of the molecule is C=[C](CCC1C=CCC1)[Ge]([CH3])([CH3])[CH3]. The van der Waals surface area contributed by atoms with Crippen molar-refractivity contribution in [2.75, 3.05) is 0 Å². The summed E-state index contributed by atoms with van der Waals surface area (Å²) in [7, 11) is 0. The zero-order chi connectivity index (χ0) is 9.90. The van der Waals surface area contributed by atoms with Crippen LogP contribution in [0.2, 0.25) is 17.3 Å². The Hall–Kier alpha value is 0.0229. The molecule has 0 bridgehead atoms. The van der Waals surface area contributed by atoms with E-state index in [4.69, 9.17) is 0 Å². The topological polar surface area (TPSA) is 0 Å². The molecule has 74 valence electrons. The van der Waals surface area contributed by atoms with E-state index in [1.54, 1.807) is 4.41 Å². The molecule has 0 fully saturated rings. The maximum absolute atomic E-state index is 4.25. The normalized spacial score (nSPS) is 22.2. The Morgan fingerprint density at radius 1 is 1.46 bits per heavy atom. The van der Waals surface area contributed by atoms with Crippen LogP contribution in [-0.2, 0) is 0 Å². The van der Waals surface area contributed by atoms with Crippen LogP contribution in [0, 0.1) is 5.92 Å². The quantitative estimate of drug-likeness (QED) is 0.510. The van der Waals surface area contributed by atoms with Crippen molar-refractivity contribution in [2.45, 2.75) is 43.0 Å². The zero-order valence-corrected chi connectivity index (χ0v) is 11.4. The van der Waals surface area contributed by atoms with E-state index in [1.807, 2.05) is 0 Å². The zero-order valence-electron chi connectivity index (χ0n) is 9.27. The van der Waals surface area contributed by atoms with E-state index in [9.17, 15) is 0 Å². The average molecular weight is 239 g/mol. The molecular formula is C12H22Ge. The summed E-state index contributed by atoms with van der Waals surface area (Å²) in [5, 5.41) is 0. The molecule has 1 aliphatic rings. The van der Waals surface area contributed by atoms with Gasteiger partial charge in [-0.1, -0.05) is 0 Å². The van der Waals surface area contributed by atoms with E-state index in [0.29, 0.717) is 0 Å². The second-order valence-corrected chi connectivity index (χ2v) is 16.1. The van der Waals surface area contributed by atoms with Gasteiger partial charge in [-0.2, -0.15) is 0 Å². The van der Waals surface area contributed by atoms with Crippen LogP contribution >= 0.6 is 0 Å². The molecule has 0 heterocycles. The molecule has 0 radical (unpaired) electrons. The van der Waals surface area contributed by atoms with Gasteiger partial charge in [-0.05, 0) is 0 Å². The van der Waals surface area contributed by atoms with Crippen molar-refractivity contribution < 1.29 is 0 Å². The van der Waals surface area contributed by atoms with Gasteiger partial charge in [0, 0.05) is 0 Å². The Labute approximate surface area is 85.5 Å². The first-order chi connectivity index (χ1) is 6.00. The summed E-state index contributed by atoms with van der Waals surface area (Å²) < 4.78 is 1.58. The predicted octanol–water partition coefficient (Wildman–Crippen LogP) is 4.17. The number of hydrogen-bond acceptors (Lipinski definition) is 0. The molecule has 0 spiro atoms. The van der Waals surface area contributed by atoms with Gasteiger partial charge in [-0.25, -0.2) is 0 Å². The van der Waals surface area contributed by atoms with Gasteiger partial charge in [0.1, 0.15) is 0 Å². The summed E-state index contributed by atoms with van der Waals surface area (Å²) in [4.78, 5) is 0. The molecule has 0 saturated carbocycles. The molecule has 1 atom stereocenters. The first-order valence-electron chi connectivity index (χ1n) is 5.35. The minimum atomic E-state index is -1.52. The van der Waals surface area contributed by atoms with Crippen molar-refractivity contribution in [1.82, 2.24) is 0 Å². The molecule has 0 aromatic heterocycles. The molecule has 0 aromatic carbocycles. The fourth-order valence-electron chi connectivity index (χ4n) is 1.67. The van der Waals surface area contributed by atoms with Crippen molar-refractivity contribution in [3.05, 3.63) is 23.1 Å². The third-order valence-electron chi connectivity index (χ3n) is 2.99. The summed E-state index contributed by atoms with van der Waals surface area (Å²) >= 11 is -1.52. The van der Waals surface area contributed by atoms with Crippen molar-refractivity contribution in [2.24, 2.45) is 5.92 Å². The fourth-order valence-corrected chi connectivity index (χ4v) is 3.55. The number of allylic oxidation sites excluding steroid dienone is 3. The van der Waals surface area contributed by atoms with E-state index < -0.39 is 13.3 Å². The first kappa shape index (κ1) is 11.1. The molecule has 13 heavy (non-hydrogen) atoms. The summed E-state index contributed by atoms with van der Waals surface area (Å²) in [6, 6.07) is 0. The molecule has 0 nitrogen and oxygen atoms in total. The second-order valence-electron chi connectivity index (χ2n) is 5.16. The number of rotatable bonds is 4. The Bertz CT molecular complexity index is 208. The van der Waals surface area contributed by atoms with Gasteiger partial charge in [-0.3, -0.25) is 0 Å². The number of hydrogen-bond donors (Lipinski definition) is 0. The summed E-state index contributed by atoms with van der Waals surface area (Å²) in [6.45, 7) is 4.25. The van der Waals surface area contributed by atoms with Gasteiger partial charge in [0.05, 0.1) is 0 Å². The van der Waals surface area contributed by atoms with Crippen LogP contribution in [0.5, 0.6) is 0 Å². The van der Waals surface area contributed by atoms with Crippen LogP contribution in [0.3, 0.4) is 0 Å². The second kappa shape index (κ2) is 4.50. The first-order valence-corrected chi connectivity index (χ1v) is 12.7. The summed E-state index contributed by atoms with van der Waals surface area (Å²) in [6.07, 6.45) is 10.0. The Morgan fingerprint density at radius 3 is 2.62 bits per heavy atom. The van der Waals surface area contributed by atoms with Crippen molar-refractivity contribution in [3.8, 4) is 0 Å². The van der Waals surface area contributed by atoms with Crippen LogP contribution in [0.4, 0.5) is 0 Å².